The first-order chi connectivity index (χ1) is 5.99. The Kier molecular flexibility index (Phi) is 2.66. The van der Waals surface area contributed by atoms with Crippen LogP contribution in [0.15, 0.2) is 29.5 Å². The number of nitrogens with zero attached hydrogens (tertiary/aromatic N) is 2. The summed E-state index contributed by atoms with van der Waals surface area (Å²) in [5.74, 6) is 0.542. The van der Waals surface area contributed by atoms with Crippen LogP contribution in [0.1, 0.15) is 26.3 Å². The van der Waals surface area contributed by atoms with Gasteiger partial charge >= 0.3 is 0 Å². The molecule has 0 aliphatic heterocycles. The summed E-state index contributed by atoms with van der Waals surface area (Å²) in [6.45, 7) is 6.03. The first-order valence-corrected chi connectivity index (χ1v) is 4.25. The van der Waals surface area contributed by atoms with E-state index in [1.54, 1.807) is 12.4 Å². The van der Waals surface area contributed by atoms with Crippen LogP contribution in [0.5, 0.6) is 0 Å². The van der Waals surface area contributed by atoms with Crippen molar-refractivity contribution in [3.05, 3.63) is 30.1 Å². The maximum Gasteiger partial charge on any atom is 0.127 e. The number of pyridine rings is 1. The molecule has 0 aromatic carbocycles. The van der Waals surface area contributed by atoms with Gasteiger partial charge in [-0.05, 0) is 32.9 Å². The van der Waals surface area contributed by atoms with E-state index in [9.17, 15) is 0 Å². The standard InChI is InChI=1S/C10H15N3/c1-10(2,3)13-9(11)8-5-4-6-12-7-8/h4-7H,1-3H3,(H2,11,13). The van der Waals surface area contributed by atoms with Gasteiger partial charge in [0.1, 0.15) is 5.84 Å². The Balaban J connectivity index is 2.92. The molecular weight excluding hydrogens is 162 g/mol. The fraction of sp³-hybridized carbons (Fsp3) is 0.400. The predicted molar refractivity (Wildman–Crippen MR) is 54.7 cm³/mol. The minimum Gasteiger partial charge on any atom is -0.383 e. The zero-order valence-corrected chi connectivity index (χ0v) is 8.28. The second kappa shape index (κ2) is 3.56. The van der Waals surface area contributed by atoms with Crippen LogP contribution in [0.4, 0.5) is 0 Å². The lowest BCUT2D eigenvalue weighted by Crippen LogP contribution is -2.21. The first kappa shape index (κ1) is 9.71. The third kappa shape index (κ3) is 3.23. The number of nitrogens with two attached hydrogens (primary N) is 1. The minimum absolute atomic E-state index is 0.139. The summed E-state index contributed by atoms with van der Waals surface area (Å²) in [5, 5.41) is 0. The van der Waals surface area contributed by atoms with E-state index in [1.807, 2.05) is 32.9 Å². The normalized spacial score (nSPS) is 13.0. The second-order valence-corrected chi connectivity index (χ2v) is 3.91. The Labute approximate surface area is 78.7 Å². The molecule has 1 aromatic rings. The first-order valence-electron chi connectivity index (χ1n) is 4.25. The molecule has 0 saturated heterocycles. The van der Waals surface area contributed by atoms with E-state index in [1.165, 1.54) is 0 Å². The van der Waals surface area contributed by atoms with E-state index in [0.29, 0.717) is 5.84 Å². The lowest BCUT2D eigenvalue weighted by molar-refractivity contribution is 0.583. The molecule has 0 radical (unpaired) electrons. The molecule has 0 saturated carbocycles. The Bertz CT molecular complexity index is 296. The Morgan fingerprint density at radius 1 is 1.46 bits per heavy atom. The molecule has 1 heterocycles. The highest BCUT2D eigenvalue weighted by molar-refractivity contribution is 5.97. The molecule has 2 N–H and O–H groups in total. The number of amidine groups is 1. The van der Waals surface area contributed by atoms with Crippen LogP contribution in [-0.2, 0) is 0 Å². The van der Waals surface area contributed by atoms with Crippen LogP contribution in [0, 0.1) is 0 Å². The molecule has 0 aliphatic carbocycles. The van der Waals surface area contributed by atoms with Crippen molar-refractivity contribution in [2.75, 3.05) is 0 Å². The Hall–Kier alpha value is -1.38. The zero-order chi connectivity index (χ0) is 9.90. The lowest BCUT2D eigenvalue weighted by atomic mass is 10.1. The zero-order valence-electron chi connectivity index (χ0n) is 8.28. The second-order valence-electron chi connectivity index (χ2n) is 3.91. The molecule has 0 atom stereocenters. The van der Waals surface area contributed by atoms with Gasteiger partial charge in [0.05, 0.1) is 5.54 Å². The fourth-order valence-electron chi connectivity index (χ4n) is 0.940. The summed E-state index contributed by atoms with van der Waals surface area (Å²) >= 11 is 0. The largest absolute Gasteiger partial charge is 0.383 e. The quantitative estimate of drug-likeness (QED) is 0.523. The van der Waals surface area contributed by atoms with Crippen molar-refractivity contribution in [2.45, 2.75) is 26.3 Å². The van der Waals surface area contributed by atoms with Gasteiger partial charge in [-0.3, -0.25) is 9.98 Å². The van der Waals surface area contributed by atoms with E-state index in [4.69, 9.17) is 5.73 Å². The summed E-state index contributed by atoms with van der Waals surface area (Å²) < 4.78 is 0. The molecule has 1 aromatic heterocycles. The average Bonchev–Trinajstić information content (AvgIpc) is 2.03. The fourth-order valence-corrected chi connectivity index (χ4v) is 0.940. The predicted octanol–water partition coefficient (Wildman–Crippen LogP) is 1.59. The molecule has 0 unspecified atom stereocenters. The molecule has 0 spiro atoms. The molecule has 0 fully saturated rings. The summed E-state index contributed by atoms with van der Waals surface area (Å²) in [6, 6.07) is 3.75. The third-order valence-corrected chi connectivity index (χ3v) is 1.41. The van der Waals surface area contributed by atoms with Gasteiger partial charge in [0.25, 0.3) is 0 Å². The van der Waals surface area contributed by atoms with Crippen molar-refractivity contribution >= 4 is 5.84 Å². The monoisotopic (exact) mass is 177 g/mol. The summed E-state index contributed by atoms with van der Waals surface area (Å²) in [6.07, 6.45) is 3.43. The van der Waals surface area contributed by atoms with Crippen LogP contribution >= 0.6 is 0 Å². The van der Waals surface area contributed by atoms with Crippen molar-refractivity contribution in [1.82, 2.24) is 4.98 Å². The minimum atomic E-state index is -0.139. The molecule has 3 heteroatoms. The van der Waals surface area contributed by atoms with Crippen LogP contribution in [0.3, 0.4) is 0 Å². The van der Waals surface area contributed by atoms with Gasteiger partial charge in [0.15, 0.2) is 0 Å². The topological polar surface area (TPSA) is 51.3 Å². The number of hydrogen-bond acceptors (Lipinski definition) is 2. The summed E-state index contributed by atoms with van der Waals surface area (Å²) in [7, 11) is 0. The van der Waals surface area contributed by atoms with Gasteiger partial charge in [0.2, 0.25) is 0 Å². The maximum atomic E-state index is 5.79. The van der Waals surface area contributed by atoms with E-state index in [-0.39, 0.29) is 5.54 Å². The summed E-state index contributed by atoms with van der Waals surface area (Å²) in [5.41, 5.74) is 6.52. The van der Waals surface area contributed by atoms with E-state index >= 15 is 0 Å². The van der Waals surface area contributed by atoms with Gasteiger partial charge < -0.3 is 5.73 Å². The molecule has 70 valence electrons. The number of hydrogen-bond donors (Lipinski definition) is 1. The highest BCUT2D eigenvalue weighted by Crippen LogP contribution is 2.07. The van der Waals surface area contributed by atoms with Crippen molar-refractivity contribution in [2.24, 2.45) is 10.7 Å². The number of aliphatic imine (C=N–C) groups is 1. The van der Waals surface area contributed by atoms with Gasteiger partial charge in [-0.1, -0.05) is 0 Å². The van der Waals surface area contributed by atoms with Crippen molar-refractivity contribution in [3.63, 3.8) is 0 Å². The van der Waals surface area contributed by atoms with Gasteiger partial charge in [-0.2, -0.15) is 0 Å². The molecule has 1 rings (SSSR count). The van der Waals surface area contributed by atoms with Crippen LogP contribution in [0.2, 0.25) is 0 Å². The maximum absolute atomic E-state index is 5.79. The average molecular weight is 177 g/mol. The molecule has 0 amide bonds. The van der Waals surface area contributed by atoms with E-state index < -0.39 is 0 Å². The van der Waals surface area contributed by atoms with E-state index in [2.05, 4.69) is 9.98 Å². The molecule has 0 bridgehead atoms. The van der Waals surface area contributed by atoms with Crippen LogP contribution < -0.4 is 5.73 Å². The lowest BCUT2D eigenvalue weighted by Gasteiger charge is -2.13. The Morgan fingerprint density at radius 3 is 2.62 bits per heavy atom. The van der Waals surface area contributed by atoms with Crippen LogP contribution in [0.25, 0.3) is 0 Å². The van der Waals surface area contributed by atoms with Crippen molar-refractivity contribution < 1.29 is 0 Å². The number of aromatic nitrogens is 1. The molecule has 0 aliphatic rings. The molecule has 3 nitrogen and oxygen atoms in total. The smallest absolute Gasteiger partial charge is 0.127 e. The SMILES string of the molecule is CC(C)(C)N=C(N)c1cccnc1. The van der Waals surface area contributed by atoms with E-state index in [0.717, 1.165) is 5.56 Å². The van der Waals surface area contributed by atoms with Gasteiger partial charge in [-0.25, -0.2) is 0 Å². The van der Waals surface area contributed by atoms with Crippen LogP contribution in [-0.4, -0.2) is 16.4 Å². The Morgan fingerprint density at radius 2 is 2.15 bits per heavy atom. The summed E-state index contributed by atoms with van der Waals surface area (Å²) in [4.78, 5) is 8.31. The highest BCUT2D eigenvalue weighted by Gasteiger charge is 2.08. The van der Waals surface area contributed by atoms with Crippen molar-refractivity contribution in [1.29, 1.82) is 0 Å². The van der Waals surface area contributed by atoms with Crippen molar-refractivity contribution in [3.8, 4) is 0 Å². The molecular formula is C10H15N3. The highest BCUT2D eigenvalue weighted by atomic mass is 14.9. The number of rotatable bonds is 1. The third-order valence-electron chi connectivity index (χ3n) is 1.41. The van der Waals surface area contributed by atoms with Gasteiger partial charge in [0, 0.05) is 18.0 Å². The van der Waals surface area contributed by atoms with Gasteiger partial charge in [-0.15, -0.1) is 0 Å². The molecule has 13 heavy (non-hydrogen) atoms.